The van der Waals surface area contributed by atoms with E-state index in [1.165, 1.54) is 13.2 Å². The number of hydrogen-bond acceptors (Lipinski definition) is 6. The minimum atomic E-state index is -2.98. The summed E-state index contributed by atoms with van der Waals surface area (Å²) in [6.45, 7) is 3.60. The Morgan fingerprint density at radius 2 is 2.14 bits per heavy atom. The number of carbonyl (C=O) groups excluding carboxylic acids is 2. The smallest absolute Gasteiger partial charge is 0.278 e. The summed E-state index contributed by atoms with van der Waals surface area (Å²) in [4.78, 5) is 30.5. The van der Waals surface area contributed by atoms with Crippen molar-refractivity contribution in [2.45, 2.75) is 39.3 Å². The molecule has 2 aromatic heterocycles. The lowest BCUT2D eigenvalue weighted by Crippen LogP contribution is -2.28. The third kappa shape index (κ3) is 4.15. The zero-order valence-corrected chi connectivity index (χ0v) is 16.5. The van der Waals surface area contributed by atoms with Gasteiger partial charge in [0.05, 0.1) is 11.7 Å². The van der Waals surface area contributed by atoms with Gasteiger partial charge in [-0.2, -0.15) is 0 Å². The van der Waals surface area contributed by atoms with E-state index in [4.69, 9.17) is 4.74 Å². The summed E-state index contributed by atoms with van der Waals surface area (Å²) in [5, 5.41) is 10.5. The van der Waals surface area contributed by atoms with Crippen LogP contribution in [0, 0.1) is 6.92 Å². The van der Waals surface area contributed by atoms with Gasteiger partial charge in [0.1, 0.15) is 5.69 Å². The van der Waals surface area contributed by atoms with Crippen LogP contribution in [-0.4, -0.2) is 51.5 Å². The quantitative estimate of drug-likeness (QED) is 0.792. The third-order valence-corrected chi connectivity index (χ3v) is 4.63. The highest BCUT2D eigenvalue weighted by Crippen LogP contribution is 2.32. The third-order valence-electron chi connectivity index (χ3n) is 4.63. The van der Waals surface area contributed by atoms with Crippen LogP contribution in [0.3, 0.4) is 0 Å². The maximum absolute atomic E-state index is 13.0. The number of ether oxygens (including phenoxy) is 1. The summed E-state index contributed by atoms with van der Waals surface area (Å²) in [5.41, 5.74) is 2.19. The SMILES string of the molecule is CNC(=O)c1nccc2c1CN(C(C)c1cc(C)c(OCC(C)(F)F)nn1)C2=O. The van der Waals surface area contributed by atoms with Crippen molar-refractivity contribution < 1.29 is 23.1 Å². The molecule has 0 saturated heterocycles. The summed E-state index contributed by atoms with van der Waals surface area (Å²) < 4.78 is 31.0. The molecule has 8 nitrogen and oxygen atoms in total. The number of aromatic nitrogens is 3. The van der Waals surface area contributed by atoms with E-state index in [1.54, 1.807) is 30.9 Å². The Balaban J connectivity index is 1.82. The molecule has 0 bridgehead atoms. The highest BCUT2D eigenvalue weighted by atomic mass is 19.3. The molecule has 3 rings (SSSR count). The minimum Gasteiger partial charge on any atom is -0.470 e. The normalized spacial score (nSPS) is 14.6. The topological polar surface area (TPSA) is 97.3 Å². The van der Waals surface area contributed by atoms with Crippen molar-refractivity contribution in [3.8, 4) is 5.88 Å². The number of rotatable bonds is 6. The van der Waals surface area contributed by atoms with Crippen molar-refractivity contribution in [2.75, 3.05) is 13.7 Å². The van der Waals surface area contributed by atoms with E-state index in [2.05, 4.69) is 20.5 Å². The first-order chi connectivity index (χ1) is 13.6. The van der Waals surface area contributed by atoms with Crippen LogP contribution in [0.5, 0.6) is 5.88 Å². The van der Waals surface area contributed by atoms with Crippen molar-refractivity contribution >= 4 is 11.8 Å². The number of fused-ring (bicyclic) bond motifs is 1. The Labute approximate surface area is 166 Å². The van der Waals surface area contributed by atoms with E-state index in [9.17, 15) is 18.4 Å². The fraction of sp³-hybridized carbons (Fsp3) is 0.421. The molecule has 1 N–H and O–H groups in total. The van der Waals surface area contributed by atoms with Gasteiger partial charge in [0.2, 0.25) is 5.88 Å². The zero-order valence-electron chi connectivity index (χ0n) is 16.5. The first-order valence-corrected chi connectivity index (χ1v) is 8.98. The molecule has 0 radical (unpaired) electrons. The lowest BCUT2D eigenvalue weighted by Gasteiger charge is -2.24. The van der Waals surface area contributed by atoms with Crippen LogP contribution in [0.4, 0.5) is 8.78 Å². The second-order valence-corrected chi connectivity index (χ2v) is 6.99. The molecule has 29 heavy (non-hydrogen) atoms. The van der Waals surface area contributed by atoms with Gasteiger partial charge in [-0.3, -0.25) is 14.6 Å². The first kappa shape index (κ1) is 20.6. The molecule has 10 heteroatoms. The molecular weight excluding hydrogens is 384 g/mol. The Morgan fingerprint density at radius 1 is 1.41 bits per heavy atom. The van der Waals surface area contributed by atoms with Gasteiger partial charge in [-0.05, 0) is 26.0 Å². The summed E-state index contributed by atoms with van der Waals surface area (Å²) >= 11 is 0. The van der Waals surface area contributed by atoms with Gasteiger partial charge in [0, 0.05) is 43.4 Å². The molecule has 2 amide bonds. The minimum absolute atomic E-state index is 0.0182. The fourth-order valence-electron chi connectivity index (χ4n) is 3.07. The largest absolute Gasteiger partial charge is 0.470 e. The van der Waals surface area contributed by atoms with Crippen molar-refractivity contribution in [3.05, 3.63) is 46.4 Å². The van der Waals surface area contributed by atoms with Gasteiger partial charge < -0.3 is 15.0 Å². The highest BCUT2D eigenvalue weighted by Gasteiger charge is 2.35. The van der Waals surface area contributed by atoms with Crippen LogP contribution in [0.25, 0.3) is 0 Å². The molecule has 0 fully saturated rings. The van der Waals surface area contributed by atoms with E-state index in [0.29, 0.717) is 22.4 Å². The Kier molecular flexibility index (Phi) is 5.45. The number of halogens is 2. The van der Waals surface area contributed by atoms with Gasteiger partial charge in [0.15, 0.2) is 6.61 Å². The molecule has 0 aromatic carbocycles. The predicted molar refractivity (Wildman–Crippen MR) is 98.8 cm³/mol. The maximum atomic E-state index is 13.0. The second-order valence-electron chi connectivity index (χ2n) is 6.99. The fourth-order valence-corrected chi connectivity index (χ4v) is 3.07. The Hall–Kier alpha value is -3.17. The number of nitrogens with zero attached hydrogens (tertiary/aromatic N) is 4. The lowest BCUT2D eigenvalue weighted by molar-refractivity contribution is -0.0247. The van der Waals surface area contributed by atoms with Gasteiger partial charge in [0.25, 0.3) is 17.7 Å². The molecule has 1 aliphatic heterocycles. The van der Waals surface area contributed by atoms with Crippen LogP contribution >= 0.6 is 0 Å². The zero-order chi connectivity index (χ0) is 21.3. The van der Waals surface area contributed by atoms with Crippen molar-refractivity contribution in [3.63, 3.8) is 0 Å². The van der Waals surface area contributed by atoms with E-state index in [1.807, 2.05) is 0 Å². The number of alkyl halides is 2. The number of aryl methyl sites for hydroxylation is 1. The Morgan fingerprint density at radius 3 is 2.76 bits per heavy atom. The molecule has 3 heterocycles. The van der Waals surface area contributed by atoms with Gasteiger partial charge >= 0.3 is 0 Å². The monoisotopic (exact) mass is 405 g/mol. The van der Waals surface area contributed by atoms with Crippen molar-refractivity contribution in [1.82, 2.24) is 25.4 Å². The number of carbonyl (C=O) groups is 2. The molecule has 0 spiro atoms. The molecule has 1 aliphatic rings. The molecule has 0 saturated carbocycles. The number of nitrogens with one attached hydrogen (secondary N) is 1. The second kappa shape index (κ2) is 7.69. The standard InChI is InChI=1S/C19H21F2N5O3/c1-10-7-14(24-25-17(10)29-9-19(3,20)21)11(2)26-8-13-12(18(26)28)5-6-23-15(13)16(27)22-4/h5-7,11H,8-9H2,1-4H3,(H,22,27). The molecule has 154 valence electrons. The van der Waals surface area contributed by atoms with Gasteiger partial charge in [-0.25, -0.2) is 8.78 Å². The molecule has 2 aromatic rings. The van der Waals surface area contributed by atoms with Crippen LogP contribution in [0.15, 0.2) is 18.3 Å². The van der Waals surface area contributed by atoms with E-state index in [-0.39, 0.29) is 29.9 Å². The summed E-state index contributed by atoms with van der Waals surface area (Å²) in [5.74, 6) is -3.58. The average Bonchev–Trinajstić information content (AvgIpc) is 3.02. The highest BCUT2D eigenvalue weighted by molar-refractivity contribution is 6.03. The molecule has 1 unspecified atom stereocenters. The number of amides is 2. The number of pyridine rings is 1. The van der Waals surface area contributed by atoms with E-state index < -0.39 is 18.6 Å². The van der Waals surface area contributed by atoms with Crippen LogP contribution in [0.2, 0.25) is 0 Å². The Bertz CT molecular complexity index is 961. The van der Waals surface area contributed by atoms with Crippen molar-refractivity contribution in [2.24, 2.45) is 0 Å². The van der Waals surface area contributed by atoms with Gasteiger partial charge in [-0.15, -0.1) is 10.2 Å². The maximum Gasteiger partial charge on any atom is 0.278 e. The van der Waals surface area contributed by atoms with Crippen LogP contribution in [-0.2, 0) is 6.54 Å². The van der Waals surface area contributed by atoms with E-state index >= 15 is 0 Å². The van der Waals surface area contributed by atoms with Crippen LogP contribution in [0.1, 0.15) is 57.6 Å². The van der Waals surface area contributed by atoms with Gasteiger partial charge in [-0.1, -0.05) is 0 Å². The van der Waals surface area contributed by atoms with E-state index in [0.717, 1.165) is 6.92 Å². The van der Waals surface area contributed by atoms with Crippen molar-refractivity contribution in [1.29, 1.82) is 0 Å². The summed E-state index contributed by atoms with van der Waals surface area (Å²) in [6.07, 6.45) is 1.43. The summed E-state index contributed by atoms with van der Waals surface area (Å²) in [7, 11) is 1.50. The molecular formula is C19H21F2N5O3. The first-order valence-electron chi connectivity index (χ1n) is 8.98. The molecule has 0 aliphatic carbocycles. The predicted octanol–water partition coefficient (Wildman–Crippen LogP) is 2.29. The summed E-state index contributed by atoms with van der Waals surface area (Å²) in [6, 6.07) is 2.77. The average molecular weight is 405 g/mol. The van der Waals surface area contributed by atoms with Crippen LogP contribution < -0.4 is 10.1 Å². The molecule has 1 atom stereocenters. The lowest BCUT2D eigenvalue weighted by atomic mass is 10.1. The number of hydrogen-bond donors (Lipinski definition) is 1.